The third kappa shape index (κ3) is 3.59. The molecule has 0 saturated heterocycles. The molecule has 19 heavy (non-hydrogen) atoms. The summed E-state index contributed by atoms with van der Waals surface area (Å²) < 4.78 is 2.06. The predicted molar refractivity (Wildman–Crippen MR) is 78.2 cm³/mol. The van der Waals surface area contributed by atoms with Crippen molar-refractivity contribution in [3.8, 4) is 0 Å². The van der Waals surface area contributed by atoms with E-state index >= 15 is 0 Å². The van der Waals surface area contributed by atoms with Gasteiger partial charge in [-0.1, -0.05) is 26.7 Å². The van der Waals surface area contributed by atoms with E-state index in [4.69, 9.17) is 0 Å². The standard InChI is InChI=1S/C16H28N2O/c1-4-14-11-15(18(5-2)17-14)12-16(19)9-6-7-13(3)8-10-16/h11,13,19H,4-10,12H2,1-3H3. The van der Waals surface area contributed by atoms with Crippen molar-refractivity contribution in [1.82, 2.24) is 9.78 Å². The molecule has 1 aromatic heterocycles. The van der Waals surface area contributed by atoms with Crippen LogP contribution in [0.25, 0.3) is 0 Å². The molecule has 1 aliphatic carbocycles. The minimum absolute atomic E-state index is 0.511. The summed E-state index contributed by atoms with van der Waals surface area (Å²) in [5, 5.41) is 15.5. The summed E-state index contributed by atoms with van der Waals surface area (Å²) in [6, 6.07) is 2.18. The molecule has 0 bridgehead atoms. The number of nitrogens with zero attached hydrogens (tertiary/aromatic N) is 2. The summed E-state index contributed by atoms with van der Waals surface area (Å²) >= 11 is 0. The summed E-state index contributed by atoms with van der Waals surface area (Å²) in [6.45, 7) is 7.45. The Kier molecular flexibility index (Phi) is 4.67. The number of hydrogen-bond donors (Lipinski definition) is 1. The molecule has 1 fully saturated rings. The van der Waals surface area contributed by atoms with Gasteiger partial charge in [0.2, 0.25) is 0 Å². The number of aliphatic hydroxyl groups is 1. The highest BCUT2D eigenvalue weighted by Gasteiger charge is 2.31. The van der Waals surface area contributed by atoms with Gasteiger partial charge in [0.25, 0.3) is 0 Å². The fraction of sp³-hybridized carbons (Fsp3) is 0.812. The van der Waals surface area contributed by atoms with E-state index in [2.05, 4.69) is 36.6 Å². The molecule has 0 spiro atoms. The van der Waals surface area contributed by atoms with Crippen molar-refractivity contribution in [2.75, 3.05) is 0 Å². The van der Waals surface area contributed by atoms with Gasteiger partial charge in [0.15, 0.2) is 0 Å². The Morgan fingerprint density at radius 3 is 2.84 bits per heavy atom. The molecule has 3 nitrogen and oxygen atoms in total. The van der Waals surface area contributed by atoms with Crippen molar-refractivity contribution in [3.63, 3.8) is 0 Å². The highest BCUT2D eigenvalue weighted by Crippen LogP contribution is 2.32. The first-order valence-electron chi connectivity index (χ1n) is 7.84. The fourth-order valence-corrected chi connectivity index (χ4v) is 3.18. The van der Waals surface area contributed by atoms with E-state index in [1.807, 2.05) is 0 Å². The predicted octanol–water partition coefficient (Wildman–Crippen LogP) is 3.34. The lowest BCUT2D eigenvalue weighted by atomic mass is 9.89. The SMILES string of the molecule is CCc1cc(CC2(O)CCCC(C)CC2)n(CC)n1. The van der Waals surface area contributed by atoms with Crippen LogP contribution in [0.1, 0.15) is 64.3 Å². The Bertz CT molecular complexity index is 413. The Morgan fingerprint density at radius 1 is 1.37 bits per heavy atom. The van der Waals surface area contributed by atoms with Crippen LogP contribution in [0.4, 0.5) is 0 Å². The first kappa shape index (κ1) is 14.6. The topological polar surface area (TPSA) is 38.0 Å². The van der Waals surface area contributed by atoms with E-state index in [0.717, 1.165) is 56.7 Å². The van der Waals surface area contributed by atoms with E-state index in [9.17, 15) is 5.11 Å². The normalized spacial score (nSPS) is 28.3. The largest absolute Gasteiger partial charge is 0.389 e. The molecule has 1 aromatic rings. The number of aryl methyl sites for hydroxylation is 2. The van der Waals surface area contributed by atoms with Gasteiger partial charge < -0.3 is 5.11 Å². The second-order valence-corrected chi connectivity index (χ2v) is 6.23. The lowest BCUT2D eigenvalue weighted by Crippen LogP contribution is -2.31. The molecular formula is C16H28N2O. The molecule has 0 radical (unpaired) electrons. The van der Waals surface area contributed by atoms with Crippen LogP contribution >= 0.6 is 0 Å². The number of hydrogen-bond acceptors (Lipinski definition) is 2. The van der Waals surface area contributed by atoms with Crippen LogP contribution in [0, 0.1) is 5.92 Å². The minimum atomic E-state index is -0.511. The van der Waals surface area contributed by atoms with Crippen LogP contribution < -0.4 is 0 Å². The van der Waals surface area contributed by atoms with E-state index in [-0.39, 0.29) is 0 Å². The van der Waals surface area contributed by atoms with Crippen LogP contribution in [0.5, 0.6) is 0 Å². The summed E-state index contributed by atoms with van der Waals surface area (Å²) in [7, 11) is 0. The van der Waals surface area contributed by atoms with Gasteiger partial charge in [-0.25, -0.2) is 0 Å². The van der Waals surface area contributed by atoms with Crippen molar-refractivity contribution >= 4 is 0 Å². The van der Waals surface area contributed by atoms with Gasteiger partial charge in [-0.3, -0.25) is 4.68 Å². The monoisotopic (exact) mass is 264 g/mol. The van der Waals surface area contributed by atoms with Gasteiger partial charge in [-0.05, 0) is 44.6 Å². The molecule has 3 heteroatoms. The van der Waals surface area contributed by atoms with Crippen molar-refractivity contribution in [2.45, 2.75) is 77.9 Å². The average Bonchev–Trinajstić information content (AvgIpc) is 2.70. The maximum atomic E-state index is 10.9. The molecule has 1 aliphatic rings. The Morgan fingerprint density at radius 2 is 2.16 bits per heavy atom. The second kappa shape index (κ2) is 6.08. The highest BCUT2D eigenvalue weighted by molar-refractivity contribution is 5.13. The first-order valence-corrected chi connectivity index (χ1v) is 7.84. The lowest BCUT2D eigenvalue weighted by molar-refractivity contribution is 0.0225. The van der Waals surface area contributed by atoms with Crippen LogP contribution in [0.15, 0.2) is 6.07 Å². The molecule has 1 heterocycles. The van der Waals surface area contributed by atoms with Crippen LogP contribution in [0.2, 0.25) is 0 Å². The maximum absolute atomic E-state index is 10.9. The molecule has 1 saturated carbocycles. The quantitative estimate of drug-likeness (QED) is 0.847. The van der Waals surface area contributed by atoms with Crippen molar-refractivity contribution in [2.24, 2.45) is 5.92 Å². The van der Waals surface area contributed by atoms with Gasteiger partial charge in [0.05, 0.1) is 11.3 Å². The van der Waals surface area contributed by atoms with Gasteiger partial charge >= 0.3 is 0 Å². The first-order chi connectivity index (χ1) is 9.06. The Hall–Kier alpha value is -0.830. The van der Waals surface area contributed by atoms with E-state index < -0.39 is 5.60 Å². The summed E-state index contributed by atoms with van der Waals surface area (Å²) in [4.78, 5) is 0. The average molecular weight is 264 g/mol. The molecule has 1 N–H and O–H groups in total. The molecule has 2 atom stereocenters. The van der Waals surface area contributed by atoms with E-state index in [1.165, 1.54) is 12.1 Å². The smallest absolute Gasteiger partial charge is 0.0703 e. The van der Waals surface area contributed by atoms with Gasteiger partial charge in [0, 0.05) is 18.7 Å². The van der Waals surface area contributed by atoms with E-state index in [1.54, 1.807) is 0 Å². The van der Waals surface area contributed by atoms with Gasteiger partial charge in [0.1, 0.15) is 0 Å². The minimum Gasteiger partial charge on any atom is -0.389 e. The second-order valence-electron chi connectivity index (χ2n) is 6.23. The van der Waals surface area contributed by atoms with E-state index in [0.29, 0.717) is 0 Å². The van der Waals surface area contributed by atoms with Crippen molar-refractivity contribution < 1.29 is 5.11 Å². The summed E-state index contributed by atoms with van der Waals surface area (Å²) in [6.07, 6.45) is 7.17. The molecular weight excluding hydrogens is 236 g/mol. The zero-order valence-electron chi connectivity index (χ0n) is 12.7. The third-order valence-electron chi connectivity index (χ3n) is 4.53. The van der Waals surface area contributed by atoms with Gasteiger partial charge in [-0.2, -0.15) is 5.10 Å². The zero-order valence-corrected chi connectivity index (χ0v) is 12.7. The highest BCUT2D eigenvalue weighted by atomic mass is 16.3. The zero-order chi connectivity index (χ0) is 13.9. The van der Waals surface area contributed by atoms with Crippen LogP contribution in [-0.2, 0) is 19.4 Å². The molecule has 0 amide bonds. The molecule has 0 aromatic carbocycles. The fourth-order valence-electron chi connectivity index (χ4n) is 3.18. The lowest BCUT2D eigenvalue weighted by Gasteiger charge is -2.26. The molecule has 0 aliphatic heterocycles. The molecule has 108 valence electrons. The van der Waals surface area contributed by atoms with Crippen molar-refractivity contribution in [1.29, 1.82) is 0 Å². The molecule has 2 unspecified atom stereocenters. The number of aromatic nitrogens is 2. The van der Waals surface area contributed by atoms with Gasteiger partial charge in [-0.15, -0.1) is 0 Å². The van der Waals surface area contributed by atoms with Crippen LogP contribution in [-0.4, -0.2) is 20.5 Å². The maximum Gasteiger partial charge on any atom is 0.0703 e. The van der Waals surface area contributed by atoms with Crippen molar-refractivity contribution in [3.05, 3.63) is 17.5 Å². The third-order valence-corrected chi connectivity index (χ3v) is 4.53. The number of rotatable bonds is 4. The summed E-state index contributed by atoms with van der Waals surface area (Å²) in [5.41, 5.74) is 1.83. The van der Waals surface area contributed by atoms with Crippen LogP contribution in [0.3, 0.4) is 0 Å². The Labute approximate surface area is 117 Å². The Balaban J connectivity index is 2.12. The molecule has 2 rings (SSSR count). The summed E-state index contributed by atoms with van der Waals surface area (Å²) in [5.74, 6) is 0.760.